The minimum absolute atomic E-state index is 0.714. The van der Waals surface area contributed by atoms with Crippen LogP contribution in [0.2, 0.25) is 5.02 Å². The third kappa shape index (κ3) is 4.45. The van der Waals surface area contributed by atoms with Crippen molar-refractivity contribution in [1.29, 1.82) is 0 Å². The molecule has 0 aliphatic carbocycles. The van der Waals surface area contributed by atoms with Gasteiger partial charge in [0, 0.05) is 34.4 Å². The molecule has 1 N–H and O–H groups in total. The SMILES string of the molecule is CCNc1ccc(Cl)c(CN(C)Cc2cc(Br)cs2)n1. The summed E-state index contributed by atoms with van der Waals surface area (Å²) in [5, 5.41) is 6.02. The van der Waals surface area contributed by atoms with Crippen molar-refractivity contribution in [3.63, 3.8) is 0 Å². The van der Waals surface area contributed by atoms with E-state index in [1.165, 1.54) is 4.88 Å². The highest BCUT2D eigenvalue weighted by Crippen LogP contribution is 2.23. The van der Waals surface area contributed by atoms with Gasteiger partial charge in [-0.15, -0.1) is 11.3 Å². The molecule has 108 valence electrons. The maximum atomic E-state index is 6.23. The van der Waals surface area contributed by atoms with Crippen LogP contribution >= 0.6 is 38.9 Å². The number of pyridine rings is 1. The average molecular weight is 375 g/mol. The molecule has 2 rings (SSSR count). The first-order valence-electron chi connectivity index (χ1n) is 6.39. The molecule has 0 atom stereocenters. The minimum atomic E-state index is 0.714. The summed E-state index contributed by atoms with van der Waals surface area (Å²) in [6, 6.07) is 5.95. The Morgan fingerprint density at radius 2 is 2.20 bits per heavy atom. The highest BCUT2D eigenvalue weighted by Gasteiger charge is 2.09. The molecule has 2 aromatic rings. The first kappa shape index (κ1) is 15.8. The number of aromatic nitrogens is 1. The molecule has 20 heavy (non-hydrogen) atoms. The number of thiophene rings is 1. The number of nitrogens with one attached hydrogen (secondary N) is 1. The molecular formula is C14H17BrClN3S. The van der Waals surface area contributed by atoms with Gasteiger partial charge in [0.05, 0.1) is 10.7 Å². The summed E-state index contributed by atoms with van der Waals surface area (Å²) in [5.74, 6) is 0.874. The number of halogens is 2. The molecule has 2 aromatic heterocycles. The molecule has 0 saturated carbocycles. The van der Waals surface area contributed by atoms with Gasteiger partial charge in [0.2, 0.25) is 0 Å². The molecular weight excluding hydrogens is 358 g/mol. The second kappa shape index (κ2) is 7.41. The normalized spacial score (nSPS) is 11.1. The fourth-order valence-corrected chi connectivity index (χ4v) is 3.58. The summed E-state index contributed by atoms with van der Waals surface area (Å²) in [6.07, 6.45) is 0. The van der Waals surface area contributed by atoms with Crippen LogP contribution in [-0.2, 0) is 13.1 Å². The number of rotatable bonds is 6. The summed E-state index contributed by atoms with van der Waals surface area (Å²) < 4.78 is 1.14. The Bertz CT molecular complexity index is 573. The molecule has 0 spiro atoms. The Morgan fingerprint density at radius 1 is 1.40 bits per heavy atom. The van der Waals surface area contributed by atoms with Gasteiger partial charge in [-0.2, -0.15) is 0 Å². The standard InChI is InChI=1S/C14H17BrClN3S/c1-3-17-14-5-4-12(16)13(18-14)8-19(2)7-11-6-10(15)9-20-11/h4-6,9H,3,7-8H2,1-2H3,(H,17,18). The molecule has 0 aliphatic rings. The lowest BCUT2D eigenvalue weighted by Gasteiger charge is -2.16. The molecule has 0 radical (unpaired) electrons. The van der Waals surface area contributed by atoms with Crippen LogP contribution in [0.5, 0.6) is 0 Å². The first-order chi connectivity index (χ1) is 9.58. The molecule has 0 saturated heterocycles. The van der Waals surface area contributed by atoms with E-state index in [-0.39, 0.29) is 0 Å². The summed E-state index contributed by atoms with van der Waals surface area (Å²) in [6.45, 7) is 4.52. The zero-order chi connectivity index (χ0) is 14.5. The van der Waals surface area contributed by atoms with Crippen LogP contribution in [0.25, 0.3) is 0 Å². The quantitative estimate of drug-likeness (QED) is 0.799. The van der Waals surface area contributed by atoms with E-state index in [0.29, 0.717) is 5.02 Å². The fraction of sp³-hybridized carbons (Fsp3) is 0.357. The number of hydrogen-bond acceptors (Lipinski definition) is 4. The van der Waals surface area contributed by atoms with Crippen molar-refractivity contribution < 1.29 is 0 Å². The van der Waals surface area contributed by atoms with Crippen LogP contribution in [-0.4, -0.2) is 23.5 Å². The maximum absolute atomic E-state index is 6.23. The minimum Gasteiger partial charge on any atom is -0.370 e. The smallest absolute Gasteiger partial charge is 0.126 e. The third-order valence-corrected chi connectivity index (χ3v) is 4.77. The van der Waals surface area contributed by atoms with E-state index < -0.39 is 0 Å². The van der Waals surface area contributed by atoms with Gasteiger partial charge < -0.3 is 5.32 Å². The summed E-state index contributed by atoms with van der Waals surface area (Å²) in [7, 11) is 2.07. The molecule has 0 aliphatic heterocycles. The van der Waals surface area contributed by atoms with Gasteiger partial charge in [0.15, 0.2) is 0 Å². The molecule has 0 fully saturated rings. The first-order valence-corrected chi connectivity index (χ1v) is 8.44. The van der Waals surface area contributed by atoms with Crippen molar-refractivity contribution in [2.45, 2.75) is 20.0 Å². The molecule has 6 heteroatoms. The van der Waals surface area contributed by atoms with E-state index in [4.69, 9.17) is 11.6 Å². The fourth-order valence-electron chi connectivity index (χ4n) is 1.89. The van der Waals surface area contributed by atoms with E-state index in [2.05, 4.69) is 56.5 Å². The predicted octanol–water partition coefficient (Wildman–Crippen LogP) is 4.62. The average Bonchev–Trinajstić information content (AvgIpc) is 2.79. The lowest BCUT2D eigenvalue weighted by atomic mass is 10.3. The lowest BCUT2D eigenvalue weighted by molar-refractivity contribution is 0.318. The van der Waals surface area contributed by atoms with Gasteiger partial charge in [-0.3, -0.25) is 4.90 Å². The van der Waals surface area contributed by atoms with Gasteiger partial charge in [-0.1, -0.05) is 11.6 Å². The molecule has 0 amide bonds. The molecule has 3 nitrogen and oxygen atoms in total. The van der Waals surface area contributed by atoms with Crippen LogP contribution in [0.3, 0.4) is 0 Å². The largest absolute Gasteiger partial charge is 0.370 e. The Balaban J connectivity index is 2.02. The van der Waals surface area contributed by atoms with Crippen molar-refractivity contribution in [1.82, 2.24) is 9.88 Å². The third-order valence-electron chi connectivity index (χ3n) is 2.74. The van der Waals surface area contributed by atoms with E-state index in [1.54, 1.807) is 11.3 Å². The maximum Gasteiger partial charge on any atom is 0.126 e. The lowest BCUT2D eigenvalue weighted by Crippen LogP contribution is -2.18. The molecule has 2 heterocycles. The summed E-state index contributed by atoms with van der Waals surface area (Å²) in [4.78, 5) is 8.09. The monoisotopic (exact) mass is 373 g/mol. The van der Waals surface area contributed by atoms with Crippen LogP contribution in [0.15, 0.2) is 28.1 Å². The number of hydrogen-bond donors (Lipinski definition) is 1. The van der Waals surface area contributed by atoms with Gasteiger partial charge in [0.25, 0.3) is 0 Å². The highest BCUT2D eigenvalue weighted by atomic mass is 79.9. The van der Waals surface area contributed by atoms with Crippen molar-refractivity contribution in [2.75, 3.05) is 18.9 Å². The van der Waals surface area contributed by atoms with E-state index in [0.717, 1.165) is 35.6 Å². The van der Waals surface area contributed by atoms with Crippen LogP contribution < -0.4 is 5.32 Å². The number of nitrogens with zero attached hydrogens (tertiary/aromatic N) is 2. The van der Waals surface area contributed by atoms with E-state index in [9.17, 15) is 0 Å². The summed E-state index contributed by atoms with van der Waals surface area (Å²) >= 11 is 11.5. The molecule has 0 unspecified atom stereocenters. The van der Waals surface area contributed by atoms with Crippen LogP contribution in [0, 0.1) is 0 Å². The van der Waals surface area contributed by atoms with Crippen LogP contribution in [0.1, 0.15) is 17.5 Å². The Labute approximate surface area is 137 Å². The van der Waals surface area contributed by atoms with Gasteiger partial charge in [-0.05, 0) is 48.1 Å². The molecule has 0 bridgehead atoms. The second-order valence-electron chi connectivity index (χ2n) is 4.56. The zero-order valence-corrected chi connectivity index (χ0v) is 14.6. The zero-order valence-electron chi connectivity index (χ0n) is 11.5. The second-order valence-corrected chi connectivity index (χ2v) is 6.88. The predicted molar refractivity (Wildman–Crippen MR) is 90.6 cm³/mol. The van der Waals surface area contributed by atoms with Crippen molar-refractivity contribution in [3.8, 4) is 0 Å². The van der Waals surface area contributed by atoms with Gasteiger partial charge in [-0.25, -0.2) is 4.98 Å². The van der Waals surface area contributed by atoms with Crippen molar-refractivity contribution in [2.24, 2.45) is 0 Å². The summed E-state index contributed by atoms with van der Waals surface area (Å²) in [5.41, 5.74) is 0.906. The van der Waals surface area contributed by atoms with Crippen LogP contribution in [0.4, 0.5) is 5.82 Å². The van der Waals surface area contributed by atoms with Crippen molar-refractivity contribution >= 4 is 44.7 Å². The van der Waals surface area contributed by atoms with Gasteiger partial charge >= 0.3 is 0 Å². The van der Waals surface area contributed by atoms with Crippen molar-refractivity contribution in [3.05, 3.63) is 43.6 Å². The Morgan fingerprint density at radius 3 is 2.85 bits per heavy atom. The topological polar surface area (TPSA) is 28.2 Å². The Hall–Kier alpha value is -0.620. The van der Waals surface area contributed by atoms with E-state index in [1.807, 2.05) is 12.1 Å². The highest BCUT2D eigenvalue weighted by molar-refractivity contribution is 9.10. The number of anilines is 1. The van der Waals surface area contributed by atoms with Gasteiger partial charge in [0.1, 0.15) is 5.82 Å². The Kier molecular flexibility index (Phi) is 5.84. The molecule has 0 aromatic carbocycles. The van der Waals surface area contributed by atoms with E-state index >= 15 is 0 Å².